The van der Waals surface area contributed by atoms with Gasteiger partial charge in [-0.05, 0) is 61.2 Å². The standard InChI is InChI=1S/C31H30Cl4N4O3/c1-18(2)12-27(37-30(40)19(3)42-29-11-9-22(32)14-26(29)35)31(41)38-36-15-21-17-39(28-7-5-4-6-23(21)28)16-20-8-10-24(33)25(34)13-20/h4-11,13-15,17-19,27H,12,16H2,1-3H3,(H,37,40)(H,38,41)/b36-15-/t19-,27+/m0/s1. The molecule has 0 bridgehead atoms. The van der Waals surface area contributed by atoms with Gasteiger partial charge in [-0.2, -0.15) is 5.10 Å². The zero-order chi connectivity index (χ0) is 30.4. The Bertz CT molecular complexity index is 1620. The molecule has 4 aromatic rings. The summed E-state index contributed by atoms with van der Waals surface area (Å²) in [6.07, 6.45) is 3.05. The van der Waals surface area contributed by atoms with Crippen molar-refractivity contribution in [3.05, 3.63) is 98.1 Å². The Balaban J connectivity index is 1.45. The molecule has 0 radical (unpaired) electrons. The van der Waals surface area contributed by atoms with Crippen LogP contribution in [0.15, 0.2) is 72.0 Å². The summed E-state index contributed by atoms with van der Waals surface area (Å²) < 4.78 is 7.78. The van der Waals surface area contributed by atoms with Gasteiger partial charge in [-0.25, -0.2) is 5.43 Å². The fraction of sp³-hybridized carbons (Fsp3) is 0.258. The van der Waals surface area contributed by atoms with E-state index in [1.54, 1.807) is 31.3 Å². The zero-order valence-corrected chi connectivity index (χ0v) is 26.2. The first kappa shape index (κ1) is 31.7. The van der Waals surface area contributed by atoms with E-state index in [1.165, 1.54) is 6.07 Å². The zero-order valence-electron chi connectivity index (χ0n) is 23.2. The van der Waals surface area contributed by atoms with Crippen LogP contribution in [-0.4, -0.2) is 34.7 Å². The van der Waals surface area contributed by atoms with Gasteiger partial charge in [0.25, 0.3) is 11.8 Å². The highest BCUT2D eigenvalue weighted by Gasteiger charge is 2.25. The molecule has 0 fully saturated rings. The molecule has 0 saturated carbocycles. The maximum Gasteiger partial charge on any atom is 0.262 e. The van der Waals surface area contributed by atoms with E-state index < -0.39 is 24.0 Å². The predicted octanol–water partition coefficient (Wildman–Crippen LogP) is 7.75. The molecule has 220 valence electrons. The largest absolute Gasteiger partial charge is 0.479 e. The van der Waals surface area contributed by atoms with Crippen LogP contribution < -0.4 is 15.5 Å². The Morgan fingerprint density at radius 2 is 1.69 bits per heavy atom. The van der Waals surface area contributed by atoms with Gasteiger partial charge in [0.2, 0.25) is 0 Å². The number of rotatable bonds is 11. The Hall–Kier alpha value is -3.23. The summed E-state index contributed by atoms with van der Waals surface area (Å²) in [6, 6.07) is 17.3. The van der Waals surface area contributed by atoms with Crippen molar-refractivity contribution in [3.63, 3.8) is 0 Å². The van der Waals surface area contributed by atoms with E-state index in [0.29, 0.717) is 33.8 Å². The third kappa shape index (κ3) is 8.19. The number of nitrogens with zero attached hydrogens (tertiary/aromatic N) is 2. The molecule has 1 aromatic heterocycles. The fourth-order valence-electron chi connectivity index (χ4n) is 4.39. The number of carbonyl (C=O) groups excluding carboxylic acids is 2. The first-order valence-corrected chi connectivity index (χ1v) is 14.8. The summed E-state index contributed by atoms with van der Waals surface area (Å²) in [7, 11) is 0. The van der Waals surface area contributed by atoms with Crippen LogP contribution in [0.3, 0.4) is 0 Å². The second-order valence-electron chi connectivity index (χ2n) is 10.2. The lowest BCUT2D eigenvalue weighted by Crippen LogP contribution is -2.49. The van der Waals surface area contributed by atoms with E-state index in [1.807, 2.05) is 56.4 Å². The second-order valence-corrected chi connectivity index (χ2v) is 11.9. The number of halogens is 4. The van der Waals surface area contributed by atoms with Gasteiger partial charge in [-0.3, -0.25) is 9.59 Å². The number of para-hydroxylation sites is 1. The van der Waals surface area contributed by atoms with E-state index >= 15 is 0 Å². The maximum atomic E-state index is 13.1. The number of hydrazone groups is 1. The van der Waals surface area contributed by atoms with Gasteiger partial charge in [-0.1, -0.05) is 84.5 Å². The van der Waals surface area contributed by atoms with E-state index in [4.69, 9.17) is 51.1 Å². The molecular weight excluding hydrogens is 618 g/mol. The minimum absolute atomic E-state index is 0.131. The summed E-state index contributed by atoms with van der Waals surface area (Å²) >= 11 is 24.4. The summed E-state index contributed by atoms with van der Waals surface area (Å²) in [6.45, 7) is 6.08. The highest BCUT2D eigenvalue weighted by Crippen LogP contribution is 2.28. The first-order chi connectivity index (χ1) is 20.0. The van der Waals surface area contributed by atoms with E-state index in [0.717, 1.165) is 22.0 Å². The number of amides is 2. The highest BCUT2D eigenvalue weighted by molar-refractivity contribution is 6.42. The minimum Gasteiger partial charge on any atom is -0.479 e. The average molecular weight is 648 g/mol. The highest BCUT2D eigenvalue weighted by atomic mass is 35.5. The Morgan fingerprint density at radius 1 is 0.929 bits per heavy atom. The first-order valence-electron chi connectivity index (χ1n) is 13.3. The lowest BCUT2D eigenvalue weighted by atomic mass is 10.0. The number of aromatic nitrogens is 1. The molecule has 4 rings (SSSR count). The van der Waals surface area contributed by atoms with Crippen molar-refractivity contribution in [1.82, 2.24) is 15.3 Å². The Kier molecular flexibility index (Phi) is 10.8. The number of carbonyl (C=O) groups is 2. The summed E-state index contributed by atoms with van der Waals surface area (Å²) in [5.74, 6) is -0.455. The quantitative estimate of drug-likeness (QED) is 0.129. The molecule has 2 atom stereocenters. The average Bonchev–Trinajstić information content (AvgIpc) is 3.28. The fourth-order valence-corrected chi connectivity index (χ4v) is 5.17. The minimum atomic E-state index is -0.906. The number of ether oxygens (including phenoxy) is 1. The number of nitrogens with one attached hydrogen (secondary N) is 2. The van der Waals surface area contributed by atoms with Crippen molar-refractivity contribution in [3.8, 4) is 5.75 Å². The van der Waals surface area contributed by atoms with Crippen LogP contribution >= 0.6 is 46.4 Å². The predicted molar refractivity (Wildman–Crippen MR) is 171 cm³/mol. The third-order valence-electron chi connectivity index (χ3n) is 6.44. The molecule has 2 N–H and O–H groups in total. The van der Waals surface area contributed by atoms with Gasteiger partial charge in [0.15, 0.2) is 6.10 Å². The van der Waals surface area contributed by atoms with Crippen LogP contribution in [0, 0.1) is 5.92 Å². The molecule has 7 nitrogen and oxygen atoms in total. The lowest BCUT2D eigenvalue weighted by molar-refractivity contribution is -0.132. The van der Waals surface area contributed by atoms with Crippen LogP contribution in [0.5, 0.6) is 5.75 Å². The molecule has 1 heterocycles. The van der Waals surface area contributed by atoms with Crippen molar-refractivity contribution in [1.29, 1.82) is 0 Å². The Labute approximate surface area is 264 Å². The van der Waals surface area contributed by atoms with Crippen molar-refractivity contribution < 1.29 is 14.3 Å². The third-order valence-corrected chi connectivity index (χ3v) is 7.71. The molecule has 0 aliphatic rings. The summed E-state index contributed by atoms with van der Waals surface area (Å²) in [5, 5.41) is 9.69. The van der Waals surface area contributed by atoms with Gasteiger partial charge in [0.1, 0.15) is 11.8 Å². The summed E-state index contributed by atoms with van der Waals surface area (Å²) in [4.78, 5) is 26.0. The maximum absolute atomic E-state index is 13.1. The molecule has 3 aromatic carbocycles. The Morgan fingerprint density at radius 3 is 2.40 bits per heavy atom. The van der Waals surface area contributed by atoms with Crippen LogP contribution in [0.25, 0.3) is 10.9 Å². The molecule has 0 spiro atoms. The number of hydrogen-bond acceptors (Lipinski definition) is 4. The van der Waals surface area contributed by atoms with Crippen LogP contribution in [0.1, 0.15) is 38.3 Å². The van der Waals surface area contributed by atoms with Gasteiger partial charge in [-0.15, -0.1) is 0 Å². The molecule has 0 aliphatic heterocycles. The molecule has 2 amide bonds. The lowest BCUT2D eigenvalue weighted by Gasteiger charge is -2.22. The van der Waals surface area contributed by atoms with Crippen molar-refractivity contribution >= 4 is 75.3 Å². The second kappa shape index (κ2) is 14.3. The SMILES string of the molecule is CC(C)C[C@@H](NC(=O)[C@H](C)Oc1ccc(Cl)cc1Cl)C(=O)N/N=C\c1cn(Cc2ccc(Cl)c(Cl)c2)c2ccccc12. The molecule has 11 heteroatoms. The van der Waals surface area contributed by atoms with Gasteiger partial charge >= 0.3 is 0 Å². The molecule has 0 unspecified atom stereocenters. The number of hydrogen-bond donors (Lipinski definition) is 2. The van der Waals surface area contributed by atoms with E-state index in [9.17, 15) is 9.59 Å². The van der Waals surface area contributed by atoms with Gasteiger partial charge in [0.05, 0.1) is 21.3 Å². The molecule has 0 aliphatic carbocycles. The normalized spacial score (nSPS) is 13.0. The number of benzene rings is 3. The van der Waals surface area contributed by atoms with Gasteiger partial charge in [0, 0.05) is 34.2 Å². The monoisotopic (exact) mass is 646 g/mol. The molecule has 0 saturated heterocycles. The van der Waals surface area contributed by atoms with Crippen LogP contribution in [-0.2, 0) is 16.1 Å². The number of fused-ring (bicyclic) bond motifs is 1. The van der Waals surface area contributed by atoms with Crippen LogP contribution in [0.2, 0.25) is 20.1 Å². The van der Waals surface area contributed by atoms with E-state index in [-0.39, 0.29) is 10.9 Å². The van der Waals surface area contributed by atoms with Gasteiger partial charge < -0.3 is 14.6 Å². The van der Waals surface area contributed by atoms with Crippen molar-refractivity contribution in [2.24, 2.45) is 11.0 Å². The topological polar surface area (TPSA) is 84.7 Å². The molecule has 42 heavy (non-hydrogen) atoms. The smallest absolute Gasteiger partial charge is 0.262 e. The van der Waals surface area contributed by atoms with E-state index in [2.05, 4.69) is 20.4 Å². The van der Waals surface area contributed by atoms with Crippen molar-refractivity contribution in [2.45, 2.75) is 45.9 Å². The van der Waals surface area contributed by atoms with Crippen molar-refractivity contribution in [2.75, 3.05) is 0 Å². The van der Waals surface area contributed by atoms with Crippen LogP contribution in [0.4, 0.5) is 0 Å². The molecular formula is C31H30Cl4N4O3. The summed E-state index contributed by atoms with van der Waals surface area (Å²) in [5.41, 5.74) is 5.39.